The molecule has 0 spiro atoms. The van der Waals surface area contributed by atoms with Crippen LogP contribution in [0.4, 0.5) is 0 Å². The molecule has 1 amide bonds. The fraction of sp³-hybridized carbons (Fsp3) is 0.556. The third kappa shape index (κ3) is 3.71. The predicted molar refractivity (Wildman–Crippen MR) is 97.1 cm³/mol. The fourth-order valence-corrected chi connectivity index (χ4v) is 4.57. The highest BCUT2D eigenvalue weighted by molar-refractivity contribution is 7.90. The van der Waals surface area contributed by atoms with Crippen molar-refractivity contribution in [2.24, 2.45) is 0 Å². The minimum atomic E-state index is -3.52. The van der Waals surface area contributed by atoms with E-state index in [-0.39, 0.29) is 23.7 Å². The third-order valence-electron chi connectivity index (χ3n) is 4.92. The molecule has 0 atom stereocenters. The van der Waals surface area contributed by atoms with Gasteiger partial charge in [-0.15, -0.1) is 0 Å². The first kappa shape index (κ1) is 17.9. The fourth-order valence-electron chi connectivity index (χ4n) is 3.75. The lowest BCUT2D eigenvalue weighted by atomic mass is 9.94. The molecule has 136 valence electrons. The summed E-state index contributed by atoms with van der Waals surface area (Å²) in [7, 11) is -3.52. The molecule has 0 radical (unpaired) electrons. The number of aromatic nitrogens is 2. The number of amides is 1. The maximum Gasteiger partial charge on any atom is 0.242 e. The van der Waals surface area contributed by atoms with Crippen molar-refractivity contribution in [2.75, 3.05) is 12.8 Å². The summed E-state index contributed by atoms with van der Waals surface area (Å²) in [6.45, 7) is 2.63. The lowest BCUT2D eigenvalue weighted by molar-refractivity contribution is -0.134. The summed E-state index contributed by atoms with van der Waals surface area (Å²) in [6.07, 6.45) is 6.72. The zero-order valence-corrected chi connectivity index (χ0v) is 15.6. The second kappa shape index (κ2) is 7.15. The summed E-state index contributed by atoms with van der Waals surface area (Å²) in [4.78, 5) is 19.1. The average Bonchev–Trinajstić information content (AvgIpc) is 2.96. The molecular formula is C18H25N3O3S. The van der Waals surface area contributed by atoms with Crippen LogP contribution in [0.2, 0.25) is 0 Å². The van der Waals surface area contributed by atoms with Crippen LogP contribution in [0.15, 0.2) is 29.4 Å². The second-order valence-electron chi connectivity index (χ2n) is 6.71. The van der Waals surface area contributed by atoms with Crippen molar-refractivity contribution < 1.29 is 13.2 Å². The predicted octanol–water partition coefficient (Wildman–Crippen LogP) is 2.62. The Balaban J connectivity index is 1.94. The quantitative estimate of drug-likeness (QED) is 0.819. The number of nitrogens with zero attached hydrogens (tertiary/aromatic N) is 3. The normalized spacial score (nSPS) is 16.2. The average molecular weight is 363 g/mol. The van der Waals surface area contributed by atoms with Gasteiger partial charge in [-0.2, -0.15) is 0 Å². The van der Waals surface area contributed by atoms with Crippen molar-refractivity contribution in [3.05, 3.63) is 24.3 Å². The SMILES string of the molecule is CCN(C(=O)Cn1c(S(C)(=O)=O)nc2ccccc21)C1CCCCC1. The van der Waals surface area contributed by atoms with E-state index in [0.717, 1.165) is 31.9 Å². The van der Waals surface area contributed by atoms with Gasteiger partial charge in [-0.05, 0) is 31.9 Å². The Kier molecular flexibility index (Phi) is 5.13. The van der Waals surface area contributed by atoms with Crippen LogP contribution >= 0.6 is 0 Å². The van der Waals surface area contributed by atoms with Gasteiger partial charge in [-0.1, -0.05) is 31.4 Å². The number of imidazole rings is 1. The van der Waals surface area contributed by atoms with Crippen molar-refractivity contribution in [3.63, 3.8) is 0 Å². The van der Waals surface area contributed by atoms with E-state index in [1.165, 1.54) is 6.42 Å². The molecule has 0 N–H and O–H groups in total. The van der Waals surface area contributed by atoms with Crippen LogP contribution in [-0.4, -0.2) is 47.6 Å². The van der Waals surface area contributed by atoms with E-state index in [1.54, 1.807) is 16.7 Å². The molecule has 0 unspecified atom stereocenters. The number of fused-ring (bicyclic) bond motifs is 1. The van der Waals surface area contributed by atoms with Gasteiger partial charge < -0.3 is 9.47 Å². The number of likely N-dealkylation sites (N-methyl/N-ethyl adjacent to an activating group) is 1. The molecule has 1 aliphatic carbocycles. The van der Waals surface area contributed by atoms with Crippen LogP contribution in [0.25, 0.3) is 11.0 Å². The number of rotatable bonds is 5. The van der Waals surface area contributed by atoms with Crippen LogP contribution in [0.5, 0.6) is 0 Å². The minimum absolute atomic E-state index is 0.00720. The van der Waals surface area contributed by atoms with Crippen LogP contribution in [0.1, 0.15) is 39.0 Å². The van der Waals surface area contributed by atoms with E-state index >= 15 is 0 Å². The summed E-state index contributed by atoms with van der Waals surface area (Å²) < 4.78 is 25.8. The molecule has 0 aliphatic heterocycles. The van der Waals surface area contributed by atoms with E-state index in [9.17, 15) is 13.2 Å². The van der Waals surface area contributed by atoms with E-state index in [2.05, 4.69) is 4.98 Å². The number of benzene rings is 1. The Hall–Kier alpha value is -1.89. The molecule has 6 nitrogen and oxygen atoms in total. The first-order valence-corrected chi connectivity index (χ1v) is 10.8. The first-order chi connectivity index (χ1) is 11.9. The Bertz CT molecular complexity index is 867. The molecule has 1 heterocycles. The minimum Gasteiger partial charge on any atom is -0.338 e. The highest BCUT2D eigenvalue weighted by Gasteiger charge is 2.27. The lowest BCUT2D eigenvalue weighted by Crippen LogP contribution is -2.43. The van der Waals surface area contributed by atoms with Gasteiger partial charge in [0.05, 0.1) is 11.0 Å². The largest absolute Gasteiger partial charge is 0.338 e. The summed E-state index contributed by atoms with van der Waals surface area (Å²) >= 11 is 0. The van der Waals surface area contributed by atoms with Gasteiger partial charge in [0.1, 0.15) is 6.54 Å². The van der Waals surface area contributed by atoms with Gasteiger partial charge in [-0.3, -0.25) is 4.79 Å². The Morgan fingerprint density at radius 1 is 1.24 bits per heavy atom. The Labute approximate surface area is 148 Å². The van der Waals surface area contributed by atoms with Crippen LogP contribution < -0.4 is 0 Å². The topological polar surface area (TPSA) is 72.3 Å². The molecular weight excluding hydrogens is 338 g/mol. The highest BCUT2D eigenvalue weighted by Crippen LogP contribution is 2.24. The van der Waals surface area contributed by atoms with Gasteiger partial charge in [-0.25, -0.2) is 13.4 Å². The molecule has 25 heavy (non-hydrogen) atoms. The summed E-state index contributed by atoms with van der Waals surface area (Å²) in [5, 5.41) is -0.0400. The molecule has 1 aromatic heterocycles. The van der Waals surface area contributed by atoms with Gasteiger partial charge in [0, 0.05) is 18.8 Å². The van der Waals surface area contributed by atoms with Crippen LogP contribution in [0, 0.1) is 0 Å². The first-order valence-electron chi connectivity index (χ1n) is 8.86. The maximum absolute atomic E-state index is 12.9. The standard InChI is InChI=1S/C18H25N3O3S/c1-3-20(14-9-5-4-6-10-14)17(22)13-21-16-12-8-7-11-15(16)19-18(21)25(2,23)24/h7-8,11-12,14H,3-6,9-10,13H2,1-2H3. The number of carbonyl (C=O) groups is 1. The molecule has 0 saturated heterocycles. The summed E-state index contributed by atoms with van der Waals surface area (Å²) in [5.41, 5.74) is 1.27. The van der Waals surface area contributed by atoms with E-state index < -0.39 is 9.84 Å². The molecule has 1 saturated carbocycles. The van der Waals surface area contributed by atoms with Gasteiger partial charge in [0.2, 0.25) is 20.9 Å². The molecule has 3 rings (SSSR count). The molecule has 1 fully saturated rings. The summed E-state index contributed by atoms with van der Waals surface area (Å²) in [5.74, 6) is -0.0394. The monoisotopic (exact) mass is 363 g/mol. The third-order valence-corrected chi connectivity index (χ3v) is 5.90. The van der Waals surface area contributed by atoms with Crippen LogP contribution in [-0.2, 0) is 21.2 Å². The van der Waals surface area contributed by atoms with Crippen molar-refractivity contribution >= 4 is 26.8 Å². The van der Waals surface area contributed by atoms with Gasteiger partial charge in [0.25, 0.3) is 0 Å². The highest BCUT2D eigenvalue weighted by atomic mass is 32.2. The number of para-hydroxylation sites is 2. The van der Waals surface area contributed by atoms with Crippen molar-refractivity contribution in [1.82, 2.24) is 14.5 Å². The van der Waals surface area contributed by atoms with Crippen molar-refractivity contribution in [3.8, 4) is 0 Å². The Morgan fingerprint density at radius 3 is 2.56 bits per heavy atom. The van der Waals surface area contributed by atoms with E-state index in [4.69, 9.17) is 0 Å². The zero-order chi connectivity index (χ0) is 18.0. The zero-order valence-electron chi connectivity index (χ0n) is 14.8. The Morgan fingerprint density at radius 2 is 1.92 bits per heavy atom. The molecule has 0 bridgehead atoms. The number of hydrogen-bond donors (Lipinski definition) is 0. The van der Waals surface area contributed by atoms with Crippen molar-refractivity contribution in [2.45, 2.75) is 56.8 Å². The van der Waals surface area contributed by atoms with Crippen LogP contribution in [0.3, 0.4) is 0 Å². The maximum atomic E-state index is 12.9. The van der Waals surface area contributed by atoms with Crippen molar-refractivity contribution in [1.29, 1.82) is 0 Å². The number of hydrogen-bond acceptors (Lipinski definition) is 4. The van der Waals surface area contributed by atoms with E-state index in [1.807, 2.05) is 24.0 Å². The smallest absolute Gasteiger partial charge is 0.242 e. The second-order valence-corrected chi connectivity index (χ2v) is 8.62. The number of sulfone groups is 1. The van der Waals surface area contributed by atoms with E-state index in [0.29, 0.717) is 17.6 Å². The molecule has 1 aromatic carbocycles. The lowest BCUT2D eigenvalue weighted by Gasteiger charge is -2.33. The van der Waals surface area contributed by atoms with Gasteiger partial charge in [0.15, 0.2) is 0 Å². The van der Waals surface area contributed by atoms with Gasteiger partial charge >= 0.3 is 0 Å². The molecule has 7 heteroatoms. The summed E-state index contributed by atoms with van der Waals surface area (Å²) in [6, 6.07) is 7.48. The molecule has 1 aliphatic rings. The number of carbonyl (C=O) groups excluding carboxylic acids is 1. The molecule has 2 aromatic rings.